The molecular weight excluding hydrogens is 236 g/mol. The highest BCUT2D eigenvalue weighted by Gasteiger charge is 2.23. The summed E-state index contributed by atoms with van der Waals surface area (Å²) in [6, 6.07) is 10.3. The Morgan fingerprint density at radius 2 is 1.89 bits per heavy atom. The maximum atomic E-state index is 11.7. The van der Waals surface area contributed by atoms with E-state index in [2.05, 4.69) is 48.7 Å². The highest BCUT2D eigenvalue weighted by molar-refractivity contribution is 5.81. The van der Waals surface area contributed by atoms with Gasteiger partial charge in [0.15, 0.2) is 0 Å². The van der Waals surface area contributed by atoms with Gasteiger partial charge in [-0.3, -0.25) is 4.79 Å². The van der Waals surface area contributed by atoms with Gasteiger partial charge in [0.2, 0.25) is 5.91 Å². The lowest BCUT2D eigenvalue weighted by molar-refractivity contribution is -0.123. The van der Waals surface area contributed by atoms with E-state index in [0.29, 0.717) is 6.54 Å². The van der Waals surface area contributed by atoms with E-state index in [1.165, 1.54) is 5.56 Å². The zero-order chi connectivity index (χ0) is 14.3. The molecule has 106 valence electrons. The summed E-state index contributed by atoms with van der Waals surface area (Å²) in [6.45, 7) is 8.81. The van der Waals surface area contributed by atoms with Crippen molar-refractivity contribution in [3.63, 3.8) is 0 Å². The minimum Gasteiger partial charge on any atom is -0.355 e. The van der Waals surface area contributed by atoms with E-state index >= 15 is 0 Å². The Morgan fingerprint density at radius 3 is 2.47 bits per heavy atom. The molecule has 1 rings (SSSR count). The summed E-state index contributed by atoms with van der Waals surface area (Å²) in [7, 11) is 0. The summed E-state index contributed by atoms with van der Waals surface area (Å²) >= 11 is 0. The van der Waals surface area contributed by atoms with Crippen LogP contribution in [0.4, 0.5) is 0 Å². The second kappa shape index (κ2) is 7.29. The Labute approximate surface area is 116 Å². The van der Waals surface area contributed by atoms with Crippen LogP contribution in [0.25, 0.3) is 0 Å². The molecule has 0 spiro atoms. The van der Waals surface area contributed by atoms with Crippen LogP contribution >= 0.6 is 0 Å². The van der Waals surface area contributed by atoms with Crippen LogP contribution in [0.5, 0.6) is 0 Å². The van der Waals surface area contributed by atoms with Gasteiger partial charge in [-0.05, 0) is 46.1 Å². The summed E-state index contributed by atoms with van der Waals surface area (Å²) in [6.07, 6.45) is 2.02. The van der Waals surface area contributed by atoms with Crippen LogP contribution in [-0.2, 0) is 11.2 Å². The van der Waals surface area contributed by atoms with Gasteiger partial charge in [-0.1, -0.05) is 30.3 Å². The normalized spacial score (nSPS) is 13.1. The van der Waals surface area contributed by atoms with Crippen LogP contribution in [0.3, 0.4) is 0 Å². The number of hydrogen-bond donors (Lipinski definition) is 2. The minimum absolute atomic E-state index is 0.0552. The SMILES string of the molecule is CCNC(=O)C(C)NC(C)(C)CCc1ccccc1. The Hall–Kier alpha value is -1.35. The fourth-order valence-electron chi connectivity index (χ4n) is 2.15. The Bertz CT molecular complexity index is 387. The number of amides is 1. The highest BCUT2D eigenvalue weighted by Crippen LogP contribution is 2.14. The topological polar surface area (TPSA) is 41.1 Å². The molecule has 3 heteroatoms. The monoisotopic (exact) mass is 262 g/mol. The van der Waals surface area contributed by atoms with Crippen molar-refractivity contribution in [3.8, 4) is 0 Å². The quantitative estimate of drug-likeness (QED) is 0.793. The van der Waals surface area contributed by atoms with E-state index in [1.54, 1.807) is 0 Å². The molecule has 0 heterocycles. The second-order valence-corrected chi connectivity index (χ2v) is 5.63. The molecule has 19 heavy (non-hydrogen) atoms. The first kappa shape index (κ1) is 15.7. The molecule has 1 aromatic rings. The molecule has 0 aliphatic heterocycles. The van der Waals surface area contributed by atoms with Crippen molar-refractivity contribution in [2.24, 2.45) is 0 Å². The largest absolute Gasteiger partial charge is 0.355 e. The highest BCUT2D eigenvalue weighted by atomic mass is 16.2. The zero-order valence-electron chi connectivity index (χ0n) is 12.5. The average molecular weight is 262 g/mol. The number of carbonyl (C=O) groups is 1. The van der Waals surface area contributed by atoms with Gasteiger partial charge < -0.3 is 10.6 Å². The first-order valence-corrected chi connectivity index (χ1v) is 7.04. The van der Waals surface area contributed by atoms with Gasteiger partial charge in [0, 0.05) is 12.1 Å². The third-order valence-electron chi connectivity index (χ3n) is 3.23. The van der Waals surface area contributed by atoms with Crippen LogP contribution in [0.1, 0.15) is 39.7 Å². The van der Waals surface area contributed by atoms with E-state index in [4.69, 9.17) is 0 Å². The van der Waals surface area contributed by atoms with E-state index in [9.17, 15) is 4.79 Å². The van der Waals surface area contributed by atoms with Crippen molar-refractivity contribution in [2.75, 3.05) is 6.54 Å². The van der Waals surface area contributed by atoms with Crippen molar-refractivity contribution in [1.82, 2.24) is 10.6 Å². The van der Waals surface area contributed by atoms with E-state index < -0.39 is 0 Å². The molecular formula is C16H26N2O. The van der Waals surface area contributed by atoms with Gasteiger partial charge in [0.25, 0.3) is 0 Å². The van der Waals surface area contributed by atoms with Crippen LogP contribution in [0.2, 0.25) is 0 Å². The van der Waals surface area contributed by atoms with E-state index in [1.807, 2.05) is 19.9 Å². The van der Waals surface area contributed by atoms with Crippen LogP contribution < -0.4 is 10.6 Å². The molecule has 0 saturated carbocycles. The molecule has 0 fully saturated rings. The first-order valence-electron chi connectivity index (χ1n) is 7.04. The van der Waals surface area contributed by atoms with Gasteiger partial charge in [0.1, 0.15) is 0 Å². The Morgan fingerprint density at radius 1 is 1.26 bits per heavy atom. The summed E-state index contributed by atoms with van der Waals surface area (Å²) in [4.78, 5) is 11.7. The molecule has 0 aromatic heterocycles. The third kappa shape index (κ3) is 5.88. The van der Waals surface area contributed by atoms with Crippen molar-refractivity contribution in [1.29, 1.82) is 0 Å². The molecule has 0 radical (unpaired) electrons. The Balaban J connectivity index is 2.45. The van der Waals surface area contributed by atoms with Crippen molar-refractivity contribution < 1.29 is 4.79 Å². The molecule has 1 amide bonds. The van der Waals surface area contributed by atoms with Crippen LogP contribution in [-0.4, -0.2) is 24.0 Å². The zero-order valence-corrected chi connectivity index (χ0v) is 12.5. The lowest BCUT2D eigenvalue weighted by Gasteiger charge is -2.30. The Kier molecular flexibility index (Phi) is 6.03. The first-order chi connectivity index (χ1) is 8.94. The standard InChI is InChI=1S/C16H26N2O/c1-5-17-15(19)13(2)18-16(3,4)12-11-14-9-7-6-8-10-14/h6-10,13,18H,5,11-12H2,1-4H3,(H,17,19). The predicted molar refractivity (Wildman–Crippen MR) is 80.1 cm³/mol. The van der Waals surface area contributed by atoms with Crippen LogP contribution in [0.15, 0.2) is 30.3 Å². The molecule has 0 saturated heterocycles. The number of aryl methyl sites for hydroxylation is 1. The molecule has 0 aliphatic carbocycles. The summed E-state index contributed by atoms with van der Waals surface area (Å²) in [5, 5.41) is 6.24. The van der Waals surface area contributed by atoms with Gasteiger partial charge in [0.05, 0.1) is 6.04 Å². The van der Waals surface area contributed by atoms with E-state index in [-0.39, 0.29) is 17.5 Å². The number of carbonyl (C=O) groups excluding carboxylic acids is 1. The minimum atomic E-state index is -0.161. The fraction of sp³-hybridized carbons (Fsp3) is 0.562. The van der Waals surface area contributed by atoms with Gasteiger partial charge in [-0.2, -0.15) is 0 Å². The molecule has 0 bridgehead atoms. The maximum absolute atomic E-state index is 11.7. The number of likely N-dealkylation sites (N-methyl/N-ethyl adjacent to an activating group) is 1. The average Bonchev–Trinajstić information content (AvgIpc) is 2.37. The summed E-state index contributed by atoms with van der Waals surface area (Å²) in [5.74, 6) is 0.0651. The van der Waals surface area contributed by atoms with Crippen molar-refractivity contribution >= 4 is 5.91 Å². The fourth-order valence-corrected chi connectivity index (χ4v) is 2.15. The van der Waals surface area contributed by atoms with Crippen molar-refractivity contribution in [3.05, 3.63) is 35.9 Å². The molecule has 2 N–H and O–H groups in total. The van der Waals surface area contributed by atoms with Gasteiger partial charge >= 0.3 is 0 Å². The lowest BCUT2D eigenvalue weighted by atomic mass is 9.94. The van der Waals surface area contributed by atoms with E-state index in [0.717, 1.165) is 12.8 Å². The van der Waals surface area contributed by atoms with Gasteiger partial charge in [-0.25, -0.2) is 0 Å². The number of benzene rings is 1. The molecule has 1 atom stereocenters. The van der Waals surface area contributed by atoms with Crippen molar-refractivity contribution in [2.45, 2.75) is 52.1 Å². The summed E-state index contributed by atoms with van der Waals surface area (Å²) in [5.41, 5.74) is 1.28. The van der Waals surface area contributed by atoms with Crippen LogP contribution in [0, 0.1) is 0 Å². The number of hydrogen-bond acceptors (Lipinski definition) is 2. The molecule has 3 nitrogen and oxygen atoms in total. The summed E-state index contributed by atoms with van der Waals surface area (Å²) < 4.78 is 0. The smallest absolute Gasteiger partial charge is 0.236 e. The molecule has 1 unspecified atom stereocenters. The second-order valence-electron chi connectivity index (χ2n) is 5.63. The third-order valence-corrected chi connectivity index (χ3v) is 3.23. The number of rotatable bonds is 7. The molecule has 0 aliphatic rings. The predicted octanol–water partition coefficient (Wildman–Crippen LogP) is 2.51. The lowest BCUT2D eigenvalue weighted by Crippen LogP contribution is -2.51. The maximum Gasteiger partial charge on any atom is 0.236 e. The number of nitrogens with one attached hydrogen (secondary N) is 2. The molecule has 1 aromatic carbocycles. The van der Waals surface area contributed by atoms with Gasteiger partial charge in [-0.15, -0.1) is 0 Å².